The summed E-state index contributed by atoms with van der Waals surface area (Å²) in [6.07, 6.45) is 1.91. The second kappa shape index (κ2) is 4.62. The van der Waals surface area contributed by atoms with E-state index < -0.39 is 0 Å². The van der Waals surface area contributed by atoms with Crippen LogP contribution in [-0.4, -0.2) is 5.75 Å². The van der Waals surface area contributed by atoms with Crippen LogP contribution in [0.3, 0.4) is 0 Å². The molecule has 1 aromatic rings. The molecular weight excluding hydrogens is 220 g/mol. The van der Waals surface area contributed by atoms with Crippen molar-refractivity contribution in [3.05, 3.63) is 41.4 Å². The number of thioether (sulfide) groups is 1. The zero-order valence-corrected chi connectivity index (χ0v) is 8.49. The van der Waals surface area contributed by atoms with Gasteiger partial charge in [0.2, 0.25) is 0 Å². The van der Waals surface area contributed by atoms with Gasteiger partial charge in [-0.25, -0.2) is 0 Å². The molecule has 0 bridgehead atoms. The van der Waals surface area contributed by atoms with Crippen molar-refractivity contribution in [1.29, 1.82) is 0 Å². The number of hydrogen-bond acceptors (Lipinski definition) is 1. The Hall–Kier alpha value is -0.210. The molecule has 0 aliphatic carbocycles. The Kier molecular flexibility index (Phi) is 3.73. The maximum atomic E-state index is 3.66. The van der Waals surface area contributed by atoms with Crippen molar-refractivity contribution in [2.75, 3.05) is 5.75 Å². The molecule has 0 saturated carbocycles. The third-order valence-corrected chi connectivity index (χ3v) is 2.72. The number of benzene rings is 1. The molecule has 0 fully saturated rings. The van der Waals surface area contributed by atoms with Crippen LogP contribution in [-0.2, 0) is 0 Å². The first-order valence-electron chi connectivity index (χ1n) is 3.32. The highest BCUT2D eigenvalue weighted by Gasteiger charge is 1.90. The maximum Gasteiger partial charge on any atom is 0.0176 e. The summed E-state index contributed by atoms with van der Waals surface area (Å²) in [6.45, 7) is 3.66. The Morgan fingerprint density at radius 2 is 2.00 bits per heavy atom. The lowest BCUT2D eigenvalue weighted by atomic mass is 10.4. The minimum Gasteiger partial charge on any atom is -0.122 e. The molecule has 0 atom stereocenters. The third-order valence-electron chi connectivity index (χ3n) is 1.18. The van der Waals surface area contributed by atoms with E-state index in [0.717, 1.165) is 10.2 Å². The van der Waals surface area contributed by atoms with Crippen molar-refractivity contribution in [1.82, 2.24) is 0 Å². The average Bonchev–Trinajstić information content (AvgIpc) is 2.04. The van der Waals surface area contributed by atoms with Gasteiger partial charge in [0.15, 0.2) is 0 Å². The van der Waals surface area contributed by atoms with Crippen LogP contribution in [0.4, 0.5) is 0 Å². The molecule has 0 aromatic heterocycles. The fourth-order valence-electron chi connectivity index (χ4n) is 0.686. The number of halogens is 1. The van der Waals surface area contributed by atoms with Gasteiger partial charge in [0.05, 0.1) is 0 Å². The molecule has 11 heavy (non-hydrogen) atoms. The number of rotatable bonds is 3. The first-order chi connectivity index (χ1) is 5.33. The average molecular weight is 229 g/mol. The summed E-state index contributed by atoms with van der Waals surface area (Å²) in [7, 11) is 0. The normalized spacial score (nSPS) is 9.55. The van der Waals surface area contributed by atoms with Crippen LogP contribution in [0, 0.1) is 0 Å². The lowest BCUT2D eigenvalue weighted by Crippen LogP contribution is -1.72. The predicted molar refractivity (Wildman–Crippen MR) is 55.1 cm³/mol. The Bertz CT molecular complexity index is 228. The second-order valence-corrected chi connectivity index (χ2v) is 4.06. The van der Waals surface area contributed by atoms with E-state index in [0.29, 0.717) is 0 Å². The second-order valence-electron chi connectivity index (χ2n) is 2.05. The highest BCUT2D eigenvalue weighted by molar-refractivity contribution is 9.10. The highest BCUT2D eigenvalue weighted by Crippen LogP contribution is 2.20. The lowest BCUT2D eigenvalue weighted by Gasteiger charge is -1.96. The largest absolute Gasteiger partial charge is 0.122 e. The van der Waals surface area contributed by atoms with E-state index in [1.54, 1.807) is 11.8 Å². The summed E-state index contributed by atoms with van der Waals surface area (Å²) in [4.78, 5) is 1.29. The fourth-order valence-corrected chi connectivity index (χ4v) is 1.59. The van der Waals surface area contributed by atoms with E-state index in [2.05, 4.69) is 34.6 Å². The predicted octanol–water partition coefficient (Wildman–Crippen LogP) is 3.73. The summed E-state index contributed by atoms with van der Waals surface area (Å²) in [6, 6.07) is 8.29. The van der Waals surface area contributed by atoms with Gasteiger partial charge in [-0.15, -0.1) is 18.3 Å². The molecule has 0 unspecified atom stereocenters. The van der Waals surface area contributed by atoms with Gasteiger partial charge in [-0.05, 0) is 24.3 Å². The summed E-state index contributed by atoms with van der Waals surface area (Å²) < 4.78 is 1.13. The summed E-state index contributed by atoms with van der Waals surface area (Å²) in [5.41, 5.74) is 0. The van der Waals surface area contributed by atoms with Crippen LogP contribution in [0.2, 0.25) is 0 Å². The summed E-state index contributed by atoms with van der Waals surface area (Å²) in [5.74, 6) is 0.974. The Labute approximate surface area is 79.8 Å². The van der Waals surface area contributed by atoms with Crippen molar-refractivity contribution in [3.8, 4) is 0 Å². The molecule has 1 aromatic carbocycles. The molecule has 0 nitrogen and oxygen atoms in total. The van der Waals surface area contributed by atoms with Crippen LogP contribution in [0.15, 0.2) is 46.3 Å². The fraction of sp³-hybridized carbons (Fsp3) is 0.111. The van der Waals surface area contributed by atoms with Crippen LogP contribution >= 0.6 is 27.7 Å². The molecule has 0 amide bonds. The van der Waals surface area contributed by atoms with E-state index in [1.807, 2.05) is 18.2 Å². The van der Waals surface area contributed by atoms with E-state index >= 15 is 0 Å². The van der Waals surface area contributed by atoms with Crippen molar-refractivity contribution in [3.63, 3.8) is 0 Å². The Balaban J connectivity index is 2.58. The van der Waals surface area contributed by atoms with E-state index in [-0.39, 0.29) is 0 Å². The molecule has 1 rings (SSSR count). The van der Waals surface area contributed by atoms with Gasteiger partial charge >= 0.3 is 0 Å². The van der Waals surface area contributed by atoms with Crippen LogP contribution < -0.4 is 0 Å². The molecule has 0 spiro atoms. The minimum absolute atomic E-state index is 0.974. The van der Waals surface area contributed by atoms with Gasteiger partial charge in [-0.2, -0.15) is 0 Å². The molecule has 0 N–H and O–H groups in total. The van der Waals surface area contributed by atoms with Crippen LogP contribution in [0.1, 0.15) is 0 Å². The van der Waals surface area contributed by atoms with E-state index in [4.69, 9.17) is 0 Å². The molecule has 58 valence electrons. The van der Waals surface area contributed by atoms with Gasteiger partial charge in [0.1, 0.15) is 0 Å². The quantitative estimate of drug-likeness (QED) is 0.562. The highest BCUT2D eigenvalue weighted by atomic mass is 79.9. The zero-order chi connectivity index (χ0) is 8.10. The van der Waals surface area contributed by atoms with Gasteiger partial charge in [-0.1, -0.05) is 22.0 Å². The van der Waals surface area contributed by atoms with Crippen molar-refractivity contribution < 1.29 is 0 Å². The van der Waals surface area contributed by atoms with Gasteiger partial charge in [0.25, 0.3) is 0 Å². The molecule has 0 aliphatic heterocycles. The Morgan fingerprint density at radius 1 is 1.36 bits per heavy atom. The first-order valence-corrected chi connectivity index (χ1v) is 5.10. The van der Waals surface area contributed by atoms with Gasteiger partial charge < -0.3 is 0 Å². The zero-order valence-electron chi connectivity index (χ0n) is 6.09. The molecule has 0 saturated heterocycles. The molecule has 0 heterocycles. The molecule has 0 radical (unpaired) electrons. The number of hydrogen-bond donors (Lipinski definition) is 0. The third kappa shape index (κ3) is 3.12. The van der Waals surface area contributed by atoms with Gasteiger partial charge in [-0.3, -0.25) is 0 Å². The van der Waals surface area contributed by atoms with Crippen LogP contribution in [0.5, 0.6) is 0 Å². The van der Waals surface area contributed by atoms with E-state index in [9.17, 15) is 0 Å². The maximum absolute atomic E-state index is 3.66. The van der Waals surface area contributed by atoms with Gasteiger partial charge in [0, 0.05) is 15.1 Å². The summed E-state index contributed by atoms with van der Waals surface area (Å²) >= 11 is 5.17. The molecule has 2 heteroatoms. The Morgan fingerprint density at radius 3 is 2.55 bits per heavy atom. The van der Waals surface area contributed by atoms with Crippen molar-refractivity contribution >= 4 is 27.7 Å². The summed E-state index contributed by atoms with van der Waals surface area (Å²) in [5, 5.41) is 0. The minimum atomic E-state index is 0.974. The van der Waals surface area contributed by atoms with E-state index in [1.165, 1.54) is 4.90 Å². The monoisotopic (exact) mass is 228 g/mol. The standard InChI is InChI=1S/C9H9BrS/c1-2-7-11-9-5-3-8(10)4-6-9/h2-6H,1,7H2. The molecular formula is C9H9BrS. The topological polar surface area (TPSA) is 0 Å². The smallest absolute Gasteiger partial charge is 0.0176 e. The molecule has 0 aliphatic rings. The SMILES string of the molecule is C=CCSc1ccc(Br)cc1. The van der Waals surface area contributed by atoms with Crippen LogP contribution in [0.25, 0.3) is 0 Å². The first kappa shape index (κ1) is 8.88. The van der Waals surface area contributed by atoms with Crippen molar-refractivity contribution in [2.45, 2.75) is 4.90 Å². The lowest BCUT2D eigenvalue weighted by molar-refractivity contribution is 1.44. The van der Waals surface area contributed by atoms with Crippen molar-refractivity contribution in [2.24, 2.45) is 0 Å².